The SMILES string of the molecule is CC1=C(c2cc(-c3cc4c5ccccc5n(-c5cccc6c5oc5ccccc56)c4cc3-n3c4ccccc4c4ccccc43)c(-n3c4ccccc4c4ccccc43)cc2Nc2cccc3c2oc2ccccc23)C=CCC1. The van der Waals surface area contributed by atoms with Crippen LogP contribution in [-0.4, -0.2) is 13.7 Å². The predicted octanol–water partition coefficient (Wildman–Crippen LogP) is 20.3. The zero-order valence-electron chi connectivity index (χ0n) is 43.2. The van der Waals surface area contributed by atoms with E-state index < -0.39 is 0 Å². The van der Waals surface area contributed by atoms with Crippen molar-refractivity contribution >= 4 is 126 Å². The number of nitrogens with zero attached hydrogens (tertiary/aromatic N) is 3. The van der Waals surface area contributed by atoms with Gasteiger partial charge in [-0.25, -0.2) is 0 Å². The van der Waals surface area contributed by atoms with Gasteiger partial charge in [0.2, 0.25) is 0 Å². The molecule has 5 aromatic heterocycles. The zero-order chi connectivity index (χ0) is 51.9. The number of benzene rings is 11. The van der Waals surface area contributed by atoms with Crippen LogP contribution >= 0.6 is 0 Å². The predicted molar refractivity (Wildman–Crippen MR) is 330 cm³/mol. The first kappa shape index (κ1) is 43.9. The molecule has 0 atom stereocenters. The van der Waals surface area contributed by atoms with E-state index in [2.05, 4.69) is 263 Å². The number of fused-ring (bicyclic) bond motifs is 15. The number of furan rings is 2. The number of allylic oxidation sites excluding steroid dienone is 4. The van der Waals surface area contributed by atoms with Crippen molar-refractivity contribution in [3.05, 3.63) is 254 Å². The Hall–Kier alpha value is -10.3. The molecule has 1 aliphatic rings. The fourth-order valence-corrected chi connectivity index (χ4v) is 13.3. The van der Waals surface area contributed by atoms with Crippen LogP contribution < -0.4 is 5.32 Å². The first-order valence-electron chi connectivity index (χ1n) is 27.3. The van der Waals surface area contributed by atoms with Gasteiger partial charge in [-0.15, -0.1) is 0 Å². The molecule has 0 unspecified atom stereocenters. The van der Waals surface area contributed by atoms with Crippen LogP contribution in [0.3, 0.4) is 0 Å². The number of rotatable bonds is 7. The maximum absolute atomic E-state index is 6.87. The third-order valence-electron chi connectivity index (χ3n) is 16.9. The minimum absolute atomic E-state index is 0.829. The van der Waals surface area contributed by atoms with E-state index in [9.17, 15) is 0 Å². The molecular weight excluding hydrogens is 965 g/mol. The molecule has 16 aromatic rings. The van der Waals surface area contributed by atoms with Gasteiger partial charge in [0.05, 0.1) is 55.8 Å². The molecule has 0 aliphatic heterocycles. The highest BCUT2D eigenvalue weighted by Gasteiger charge is 2.27. The number of hydrogen-bond acceptors (Lipinski definition) is 3. The molecule has 0 saturated carbocycles. The Balaban J connectivity index is 1.05. The summed E-state index contributed by atoms with van der Waals surface area (Å²) in [7, 11) is 0. The van der Waals surface area contributed by atoms with Crippen molar-refractivity contribution in [3.63, 3.8) is 0 Å². The quantitative estimate of drug-likeness (QED) is 0.173. The lowest BCUT2D eigenvalue weighted by atomic mass is 9.88. The van der Waals surface area contributed by atoms with Gasteiger partial charge in [0.25, 0.3) is 0 Å². The second kappa shape index (κ2) is 16.8. The van der Waals surface area contributed by atoms with E-state index in [1.54, 1.807) is 0 Å². The highest BCUT2D eigenvalue weighted by Crippen LogP contribution is 2.49. The highest BCUT2D eigenvalue weighted by atomic mass is 16.3. The van der Waals surface area contributed by atoms with Crippen molar-refractivity contribution < 1.29 is 8.83 Å². The minimum atomic E-state index is 0.829. The molecule has 0 saturated heterocycles. The normalized spacial score (nSPS) is 13.2. The average molecular weight is 1010 g/mol. The Labute approximate surface area is 453 Å². The van der Waals surface area contributed by atoms with Crippen molar-refractivity contribution in [1.29, 1.82) is 0 Å². The number of para-hydroxylation sites is 9. The van der Waals surface area contributed by atoms with Crippen LogP contribution in [0.1, 0.15) is 25.3 Å². The third kappa shape index (κ3) is 6.40. The summed E-state index contributed by atoms with van der Waals surface area (Å²) in [6.07, 6.45) is 6.65. The Morgan fingerprint density at radius 2 is 0.785 bits per heavy atom. The Morgan fingerprint density at radius 1 is 0.342 bits per heavy atom. The molecule has 0 bridgehead atoms. The Morgan fingerprint density at radius 3 is 1.35 bits per heavy atom. The minimum Gasteiger partial charge on any atom is -0.454 e. The summed E-state index contributed by atoms with van der Waals surface area (Å²) in [6, 6.07) is 83.9. The van der Waals surface area contributed by atoms with Gasteiger partial charge in [0.15, 0.2) is 11.2 Å². The fraction of sp³-hybridized carbons (Fsp3) is 0.0411. The molecule has 11 aromatic carbocycles. The smallest absolute Gasteiger partial charge is 0.159 e. The molecule has 372 valence electrons. The van der Waals surface area contributed by atoms with Crippen LogP contribution in [0.5, 0.6) is 0 Å². The largest absolute Gasteiger partial charge is 0.454 e. The zero-order valence-corrected chi connectivity index (χ0v) is 43.2. The molecule has 0 fully saturated rings. The number of anilines is 2. The van der Waals surface area contributed by atoms with E-state index in [0.717, 1.165) is 146 Å². The molecule has 1 N–H and O–H groups in total. The number of nitrogens with one attached hydrogen (secondary N) is 1. The van der Waals surface area contributed by atoms with Gasteiger partial charge in [-0.3, -0.25) is 0 Å². The summed E-state index contributed by atoms with van der Waals surface area (Å²) in [5, 5.41) is 15.5. The van der Waals surface area contributed by atoms with Gasteiger partial charge in [0.1, 0.15) is 11.2 Å². The lowest BCUT2D eigenvalue weighted by Crippen LogP contribution is -2.06. The molecule has 1 aliphatic carbocycles. The lowest BCUT2D eigenvalue weighted by molar-refractivity contribution is 0.666. The van der Waals surface area contributed by atoms with Crippen molar-refractivity contribution in [1.82, 2.24) is 13.7 Å². The standard InChI is InChI=1S/C73H48N4O2/c1-44-20-2-3-21-45(44)55-40-57(67(75-61-32-11-4-22-46(61)47-23-5-12-33-62(47)75)42-60(55)74-59-31-18-29-53-51-27-9-16-38-70(51)78-72(53)59)58-41-56-50-26-8-15-36-65(50)77(66-37-19-30-54-52-28-10-17-39-71(52)79-73(54)66)68(56)43-69(58)76-63-34-13-6-24-48(63)49-25-7-14-35-64(49)76/h3-19,21-43,74H,2,20H2,1H3. The van der Waals surface area contributed by atoms with E-state index >= 15 is 0 Å². The van der Waals surface area contributed by atoms with Gasteiger partial charge in [-0.05, 0) is 104 Å². The summed E-state index contributed by atoms with van der Waals surface area (Å²) >= 11 is 0. The van der Waals surface area contributed by atoms with Crippen LogP contribution in [0, 0.1) is 0 Å². The highest BCUT2D eigenvalue weighted by molar-refractivity contribution is 6.17. The molecule has 5 heterocycles. The summed E-state index contributed by atoms with van der Waals surface area (Å²) < 4.78 is 21.1. The first-order valence-corrected chi connectivity index (χ1v) is 27.3. The van der Waals surface area contributed by atoms with Gasteiger partial charge in [0, 0.05) is 76.2 Å². The van der Waals surface area contributed by atoms with Gasteiger partial charge >= 0.3 is 0 Å². The van der Waals surface area contributed by atoms with Crippen molar-refractivity contribution in [2.45, 2.75) is 19.8 Å². The topological polar surface area (TPSA) is 53.1 Å². The van der Waals surface area contributed by atoms with Crippen LogP contribution in [0.4, 0.5) is 11.4 Å². The molecular formula is C73H48N4O2. The van der Waals surface area contributed by atoms with E-state index in [1.165, 1.54) is 32.7 Å². The third-order valence-corrected chi connectivity index (χ3v) is 16.9. The van der Waals surface area contributed by atoms with E-state index in [4.69, 9.17) is 8.83 Å². The summed E-state index contributed by atoms with van der Waals surface area (Å²) in [6.45, 7) is 2.30. The van der Waals surface area contributed by atoms with Crippen LogP contribution in [0.25, 0.3) is 143 Å². The molecule has 6 nitrogen and oxygen atoms in total. The van der Waals surface area contributed by atoms with Crippen LogP contribution in [0.2, 0.25) is 0 Å². The summed E-state index contributed by atoms with van der Waals surface area (Å²) in [5.74, 6) is 0. The Kier molecular flexibility index (Phi) is 9.36. The number of aromatic nitrogens is 3. The van der Waals surface area contributed by atoms with E-state index in [0.29, 0.717) is 0 Å². The second-order valence-electron chi connectivity index (χ2n) is 21.2. The molecule has 0 spiro atoms. The van der Waals surface area contributed by atoms with Gasteiger partial charge in [-0.2, -0.15) is 0 Å². The monoisotopic (exact) mass is 1010 g/mol. The molecule has 6 heteroatoms. The van der Waals surface area contributed by atoms with Gasteiger partial charge in [-0.1, -0.05) is 169 Å². The van der Waals surface area contributed by atoms with E-state index in [-0.39, 0.29) is 0 Å². The van der Waals surface area contributed by atoms with Crippen LogP contribution in [0.15, 0.2) is 257 Å². The maximum atomic E-state index is 6.87. The van der Waals surface area contributed by atoms with Crippen LogP contribution in [-0.2, 0) is 0 Å². The van der Waals surface area contributed by atoms with Crippen molar-refractivity contribution in [3.8, 4) is 28.2 Å². The summed E-state index contributed by atoms with van der Waals surface area (Å²) in [4.78, 5) is 0. The summed E-state index contributed by atoms with van der Waals surface area (Å²) in [5.41, 5.74) is 21.1. The van der Waals surface area contributed by atoms with Gasteiger partial charge < -0.3 is 27.9 Å². The van der Waals surface area contributed by atoms with Crippen molar-refractivity contribution in [2.75, 3.05) is 5.32 Å². The van der Waals surface area contributed by atoms with Crippen molar-refractivity contribution in [2.24, 2.45) is 0 Å². The molecule has 0 radical (unpaired) electrons. The molecule has 17 rings (SSSR count). The molecule has 0 amide bonds. The first-order chi connectivity index (χ1) is 39.1. The second-order valence-corrected chi connectivity index (χ2v) is 21.2. The lowest BCUT2D eigenvalue weighted by Gasteiger charge is -2.24. The average Bonchev–Trinajstić information content (AvgIpc) is 4.51. The number of hydrogen-bond donors (Lipinski definition) is 1. The molecule has 79 heavy (non-hydrogen) atoms. The Bertz CT molecular complexity index is 5210. The maximum Gasteiger partial charge on any atom is 0.159 e. The van der Waals surface area contributed by atoms with E-state index in [1.807, 2.05) is 6.07 Å². The fourth-order valence-electron chi connectivity index (χ4n) is 13.3.